The molecule has 90 valence electrons. The second kappa shape index (κ2) is 7.56. The lowest BCUT2D eigenvalue weighted by Gasteiger charge is -2.24. The van der Waals surface area contributed by atoms with Crippen molar-refractivity contribution in [2.75, 3.05) is 12.8 Å². The van der Waals surface area contributed by atoms with Crippen LogP contribution in [-0.4, -0.2) is 24.1 Å². The summed E-state index contributed by atoms with van der Waals surface area (Å²) < 4.78 is 0. The highest BCUT2D eigenvalue weighted by atomic mass is 32.2. The largest absolute Gasteiger partial charge is 0.316 e. The molecule has 1 aliphatic carbocycles. The van der Waals surface area contributed by atoms with E-state index < -0.39 is 0 Å². The Hall–Kier alpha value is 0.310. The Morgan fingerprint density at radius 2 is 2.00 bits per heavy atom. The number of rotatable bonds is 7. The summed E-state index contributed by atoms with van der Waals surface area (Å²) >= 11 is 2.21. The maximum atomic E-state index is 3.49. The second-order valence-corrected chi connectivity index (χ2v) is 6.23. The van der Waals surface area contributed by atoms with Crippen LogP contribution in [0.1, 0.15) is 52.4 Å². The van der Waals surface area contributed by atoms with Crippen LogP contribution in [-0.2, 0) is 0 Å². The van der Waals surface area contributed by atoms with Gasteiger partial charge >= 0.3 is 0 Å². The predicted molar refractivity (Wildman–Crippen MR) is 71.6 cm³/mol. The first-order valence-electron chi connectivity index (χ1n) is 6.56. The highest BCUT2D eigenvalue weighted by Crippen LogP contribution is 2.30. The topological polar surface area (TPSA) is 12.0 Å². The molecule has 2 atom stereocenters. The summed E-state index contributed by atoms with van der Waals surface area (Å²) in [5, 5.41) is 4.46. The van der Waals surface area contributed by atoms with Gasteiger partial charge in [0.15, 0.2) is 0 Å². The number of hydrogen-bond acceptors (Lipinski definition) is 2. The van der Waals surface area contributed by atoms with Crippen LogP contribution in [0.4, 0.5) is 0 Å². The number of hydrogen-bond donors (Lipinski definition) is 1. The smallest absolute Gasteiger partial charge is 0.0180 e. The molecule has 0 spiro atoms. The summed E-state index contributed by atoms with van der Waals surface area (Å²) in [6.45, 7) is 4.67. The van der Waals surface area contributed by atoms with Gasteiger partial charge in [0, 0.05) is 17.0 Å². The zero-order chi connectivity index (χ0) is 11.1. The van der Waals surface area contributed by atoms with Gasteiger partial charge in [-0.05, 0) is 32.2 Å². The minimum Gasteiger partial charge on any atom is -0.316 e. The Morgan fingerprint density at radius 3 is 2.53 bits per heavy atom. The lowest BCUT2D eigenvalue weighted by Crippen LogP contribution is -2.34. The lowest BCUT2D eigenvalue weighted by molar-refractivity contribution is 0.402. The third-order valence-corrected chi connectivity index (χ3v) is 5.11. The van der Waals surface area contributed by atoms with Crippen molar-refractivity contribution in [1.29, 1.82) is 0 Å². The first kappa shape index (κ1) is 13.4. The Bertz CT molecular complexity index is 155. The highest BCUT2D eigenvalue weighted by Gasteiger charge is 2.19. The van der Waals surface area contributed by atoms with Gasteiger partial charge < -0.3 is 5.32 Å². The molecule has 0 aromatic heterocycles. The maximum Gasteiger partial charge on any atom is 0.0180 e. The molecule has 0 bridgehead atoms. The summed E-state index contributed by atoms with van der Waals surface area (Å²) in [4.78, 5) is 0. The van der Waals surface area contributed by atoms with Crippen molar-refractivity contribution < 1.29 is 0 Å². The van der Waals surface area contributed by atoms with E-state index in [0.29, 0.717) is 0 Å². The molecule has 0 aliphatic heterocycles. The fourth-order valence-electron chi connectivity index (χ4n) is 2.48. The van der Waals surface area contributed by atoms with Crippen molar-refractivity contribution in [3.05, 3.63) is 0 Å². The quantitative estimate of drug-likeness (QED) is 0.714. The van der Waals surface area contributed by atoms with Crippen molar-refractivity contribution >= 4 is 11.8 Å². The van der Waals surface area contributed by atoms with Crippen molar-refractivity contribution in [2.45, 2.75) is 63.7 Å². The molecule has 0 amide bonds. The Morgan fingerprint density at radius 1 is 1.33 bits per heavy atom. The molecule has 1 fully saturated rings. The van der Waals surface area contributed by atoms with Crippen LogP contribution >= 0.6 is 11.8 Å². The van der Waals surface area contributed by atoms with Crippen molar-refractivity contribution in [2.24, 2.45) is 5.92 Å². The average Bonchev–Trinajstić information content (AvgIpc) is 2.72. The van der Waals surface area contributed by atoms with Gasteiger partial charge in [-0.1, -0.05) is 33.1 Å². The monoisotopic (exact) mass is 229 g/mol. The van der Waals surface area contributed by atoms with E-state index in [4.69, 9.17) is 0 Å². The SMILES string of the molecule is CCCC(C)C(CSC1CCCC1)NC. The standard InChI is InChI=1S/C13H27NS/c1-4-7-11(2)13(14-3)10-15-12-8-5-6-9-12/h11-14H,4-10H2,1-3H3. The van der Waals surface area contributed by atoms with Crippen LogP contribution < -0.4 is 5.32 Å². The Labute approximate surface area is 99.8 Å². The van der Waals surface area contributed by atoms with Gasteiger partial charge in [0.05, 0.1) is 0 Å². The molecule has 1 saturated carbocycles. The van der Waals surface area contributed by atoms with Gasteiger partial charge in [-0.25, -0.2) is 0 Å². The molecule has 15 heavy (non-hydrogen) atoms. The Balaban J connectivity index is 2.19. The molecule has 1 rings (SSSR count). The molecule has 0 radical (unpaired) electrons. The molecule has 2 heteroatoms. The van der Waals surface area contributed by atoms with Crippen LogP contribution in [0.15, 0.2) is 0 Å². The molecule has 2 unspecified atom stereocenters. The minimum atomic E-state index is 0.718. The van der Waals surface area contributed by atoms with E-state index in [0.717, 1.165) is 17.2 Å². The van der Waals surface area contributed by atoms with Crippen molar-refractivity contribution in [3.63, 3.8) is 0 Å². The van der Waals surface area contributed by atoms with E-state index in [9.17, 15) is 0 Å². The van der Waals surface area contributed by atoms with E-state index >= 15 is 0 Å². The van der Waals surface area contributed by atoms with Gasteiger partial charge in [-0.15, -0.1) is 0 Å². The molecule has 0 aromatic carbocycles. The lowest BCUT2D eigenvalue weighted by atomic mass is 9.98. The summed E-state index contributed by atoms with van der Waals surface area (Å²) in [6, 6.07) is 0.718. The summed E-state index contributed by atoms with van der Waals surface area (Å²) in [5.41, 5.74) is 0. The summed E-state index contributed by atoms with van der Waals surface area (Å²) in [6.07, 6.45) is 8.52. The normalized spacial score (nSPS) is 21.8. The van der Waals surface area contributed by atoms with Gasteiger partial charge in [-0.2, -0.15) is 11.8 Å². The van der Waals surface area contributed by atoms with E-state index in [2.05, 4.69) is 38.0 Å². The van der Waals surface area contributed by atoms with Crippen molar-refractivity contribution in [1.82, 2.24) is 5.32 Å². The van der Waals surface area contributed by atoms with Gasteiger partial charge in [0.1, 0.15) is 0 Å². The van der Waals surface area contributed by atoms with Gasteiger partial charge in [0.25, 0.3) is 0 Å². The van der Waals surface area contributed by atoms with E-state index in [1.54, 1.807) is 0 Å². The Kier molecular flexibility index (Phi) is 6.74. The maximum absolute atomic E-state index is 3.49. The van der Waals surface area contributed by atoms with Gasteiger partial charge in [-0.3, -0.25) is 0 Å². The van der Waals surface area contributed by atoms with E-state index in [1.165, 1.54) is 44.3 Å². The first-order chi connectivity index (χ1) is 7.27. The molecule has 1 N–H and O–H groups in total. The van der Waals surface area contributed by atoms with Crippen LogP contribution in [0.3, 0.4) is 0 Å². The first-order valence-corrected chi connectivity index (χ1v) is 7.61. The predicted octanol–water partition coefficient (Wildman–Crippen LogP) is 3.69. The number of thioether (sulfide) groups is 1. The van der Waals surface area contributed by atoms with E-state index in [1.807, 2.05) is 0 Å². The molecule has 0 saturated heterocycles. The van der Waals surface area contributed by atoms with Gasteiger partial charge in [0.2, 0.25) is 0 Å². The molecule has 0 aromatic rings. The molecule has 0 heterocycles. The second-order valence-electron chi connectivity index (χ2n) is 4.90. The molecular formula is C13H27NS. The fraction of sp³-hybridized carbons (Fsp3) is 1.00. The van der Waals surface area contributed by atoms with Crippen LogP contribution in [0.5, 0.6) is 0 Å². The third kappa shape index (κ3) is 4.78. The zero-order valence-electron chi connectivity index (χ0n) is 10.6. The average molecular weight is 229 g/mol. The zero-order valence-corrected chi connectivity index (χ0v) is 11.4. The molecule has 1 aliphatic rings. The van der Waals surface area contributed by atoms with Crippen LogP contribution in [0, 0.1) is 5.92 Å². The third-order valence-electron chi connectivity index (χ3n) is 3.62. The number of nitrogens with one attached hydrogen (secondary N) is 1. The van der Waals surface area contributed by atoms with E-state index in [-0.39, 0.29) is 0 Å². The summed E-state index contributed by atoms with van der Waals surface area (Å²) in [5.74, 6) is 2.14. The van der Waals surface area contributed by atoms with Crippen LogP contribution in [0.2, 0.25) is 0 Å². The minimum absolute atomic E-state index is 0.718. The summed E-state index contributed by atoms with van der Waals surface area (Å²) in [7, 11) is 2.12. The fourth-order valence-corrected chi connectivity index (χ4v) is 4.12. The van der Waals surface area contributed by atoms with Crippen molar-refractivity contribution in [3.8, 4) is 0 Å². The molecular weight excluding hydrogens is 202 g/mol. The highest BCUT2D eigenvalue weighted by molar-refractivity contribution is 7.99. The molecule has 1 nitrogen and oxygen atoms in total. The van der Waals surface area contributed by atoms with Crippen LogP contribution in [0.25, 0.3) is 0 Å².